The molecule has 98 valence electrons. The molecule has 0 heterocycles. The lowest BCUT2D eigenvalue weighted by molar-refractivity contribution is -0.384. The Morgan fingerprint density at radius 3 is 2.47 bits per heavy atom. The molecule has 2 aromatic carbocycles. The Morgan fingerprint density at radius 2 is 1.89 bits per heavy atom. The van der Waals surface area contributed by atoms with Gasteiger partial charge in [0.05, 0.1) is 9.40 Å². The standard InChI is InChI=1S/C13H9BrFNO3/c14-12-7-11(5-6-13(12)15)19-8-9-1-3-10(4-2-9)16(17)18/h1-7H,8H2. The Balaban J connectivity index is 2.01. The lowest BCUT2D eigenvalue weighted by Gasteiger charge is -2.06. The molecule has 2 rings (SSSR count). The molecule has 0 aliphatic carbocycles. The number of halogens is 2. The van der Waals surface area contributed by atoms with E-state index in [1.807, 2.05) is 0 Å². The molecule has 0 aromatic heterocycles. The predicted octanol–water partition coefficient (Wildman–Crippen LogP) is 4.08. The third kappa shape index (κ3) is 3.51. The number of nitro groups is 1. The summed E-state index contributed by atoms with van der Waals surface area (Å²) >= 11 is 3.07. The Bertz CT molecular complexity index is 601. The van der Waals surface area contributed by atoms with Crippen LogP contribution >= 0.6 is 15.9 Å². The van der Waals surface area contributed by atoms with Gasteiger partial charge >= 0.3 is 0 Å². The van der Waals surface area contributed by atoms with Crippen molar-refractivity contribution < 1.29 is 14.1 Å². The molecule has 6 heteroatoms. The molecule has 0 unspecified atom stereocenters. The van der Waals surface area contributed by atoms with Gasteiger partial charge in [0.25, 0.3) is 5.69 Å². The average molecular weight is 326 g/mol. The van der Waals surface area contributed by atoms with Crippen LogP contribution in [0.4, 0.5) is 10.1 Å². The minimum absolute atomic E-state index is 0.0354. The molecular formula is C13H9BrFNO3. The molecule has 0 aliphatic rings. The SMILES string of the molecule is O=[N+]([O-])c1ccc(COc2ccc(F)c(Br)c2)cc1. The van der Waals surface area contributed by atoms with Gasteiger partial charge < -0.3 is 4.74 Å². The van der Waals surface area contributed by atoms with Gasteiger partial charge in [-0.2, -0.15) is 0 Å². The smallest absolute Gasteiger partial charge is 0.269 e. The second-order valence-electron chi connectivity index (χ2n) is 3.79. The van der Waals surface area contributed by atoms with E-state index < -0.39 is 4.92 Å². The van der Waals surface area contributed by atoms with E-state index in [0.717, 1.165) is 5.56 Å². The molecule has 0 spiro atoms. The van der Waals surface area contributed by atoms with Crippen molar-refractivity contribution in [2.45, 2.75) is 6.61 Å². The molecule has 0 N–H and O–H groups in total. The van der Waals surface area contributed by atoms with Crippen LogP contribution in [-0.4, -0.2) is 4.92 Å². The fraction of sp³-hybridized carbons (Fsp3) is 0.0769. The van der Waals surface area contributed by atoms with Gasteiger partial charge in [-0.05, 0) is 51.8 Å². The number of benzene rings is 2. The number of nitrogens with zero attached hydrogens (tertiary/aromatic N) is 1. The molecule has 19 heavy (non-hydrogen) atoms. The summed E-state index contributed by atoms with van der Waals surface area (Å²) in [5.41, 5.74) is 0.833. The zero-order valence-electron chi connectivity index (χ0n) is 9.68. The van der Waals surface area contributed by atoms with Gasteiger partial charge in [0.15, 0.2) is 0 Å². The van der Waals surface area contributed by atoms with E-state index in [-0.39, 0.29) is 18.1 Å². The molecule has 0 saturated heterocycles. The fourth-order valence-corrected chi connectivity index (χ4v) is 1.80. The van der Waals surface area contributed by atoms with Gasteiger partial charge in [0.1, 0.15) is 18.2 Å². The second kappa shape index (κ2) is 5.79. The summed E-state index contributed by atoms with van der Waals surface area (Å²) in [6.45, 7) is 0.260. The molecule has 2 aromatic rings. The minimum atomic E-state index is -0.457. The van der Waals surface area contributed by atoms with Crippen LogP contribution in [0, 0.1) is 15.9 Å². The highest BCUT2D eigenvalue weighted by molar-refractivity contribution is 9.10. The summed E-state index contributed by atoms with van der Waals surface area (Å²) in [6, 6.07) is 10.4. The summed E-state index contributed by atoms with van der Waals surface area (Å²) in [4.78, 5) is 10.0. The quantitative estimate of drug-likeness (QED) is 0.628. The Hall–Kier alpha value is -1.95. The van der Waals surface area contributed by atoms with E-state index in [9.17, 15) is 14.5 Å². The first-order chi connectivity index (χ1) is 9.06. The monoisotopic (exact) mass is 325 g/mol. The first-order valence-corrected chi connectivity index (χ1v) is 6.17. The summed E-state index contributed by atoms with van der Waals surface area (Å²) in [7, 11) is 0. The molecular weight excluding hydrogens is 317 g/mol. The van der Waals surface area contributed by atoms with E-state index in [2.05, 4.69) is 15.9 Å². The van der Waals surface area contributed by atoms with Gasteiger partial charge in [-0.1, -0.05) is 0 Å². The van der Waals surface area contributed by atoms with Crippen molar-refractivity contribution in [2.75, 3.05) is 0 Å². The topological polar surface area (TPSA) is 52.4 Å². The van der Waals surface area contributed by atoms with Crippen molar-refractivity contribution in [1.82, 2.24) is 0 Å². The summed E-state index contributed by atoms with van der Waals surface area (Å²) in [5.74, 6) is 0.161. The molecule has 4 nitrogen and oxygen atoms in total. The van der Waals surface area contributed by atoms with Crippen LogP contribution in [0.2, 0.25) is 0 Å². The maximum Gasteiger partial charge on any atom is 0.269 e. The van der Waals surface area contributed by atoms with Crippen molar-refractivity contribution in [3.63, 3.8) is 0 Å². The Morgan fingerprint density at radius 1 is 1.21 bits per heavy atom. The Labute approximate surface area is 117 Å². The summed E-state index contributed by atoms with van der Waals surface area (Å²) < 4.78 is 18.8. The zero-order valence-corrected chi connectivity index (χ0v) is 11.3. The van der Waals surface area contributed by atoms with Crippen LogP contribution in [0.25, 0.3) is 0 Å². The molecule has 0 atom stereocenters. The maximum absolute atomic E-state index is 13.0. The van der Waals surface area contributed by atoms with Gasteiger partial charge in [-0.15, -0.1) is 0 Å². The molecule has 0 amide bonds. The highest BCUT2D eigenvalue weighted by Gasteiger charge is 2.05. The third-order valence-electron chi connectivity index (χ3n) is 2.44. The summed E-state index contributed by atoms with van der Waals surface area (Å²) in [5, 5.41) is 10.5. The summed E-state index contributed by atoms with van der Waals surface area (Å²) in [6.07, 6.45) is 0. The first-order valence-electron chi connectivity index (χ1n) is 5.37. The highest BCUT2D eigenvalue weighted by atomic mass is 79.9. The number of rotatable bonds is 4. The van der Waals surface area contributed by atoms with Crippen molar-refractivity contribution in [2.24, 2.45) is 0 Å². The molecule has 0 bridgehead atoms. The number of hydrogen-bond acceptors (Lipinski definition) is 3. The van der Waals surface area contributed by atoms with E-state index in [4.69, 9.17) is 4.74 Å². The molecule has 0 fully saturated rings. The number of ether oxygens (including phenoxy) is 1. The predicted molar refractivity (Wildman–Crippen MR) is 71.5 cm³/mol. The normalized spacial score (nSPS) is 10.2. The first kappa shape index (κ1) is 13.5. The van der Waals surface area contributed by atoms with Gasteiger partial charge in [0, 0.05) is 12.1 Å². The molecule has 0 aliphatic heterocycles. The third-order valence-corrected chi connectivity index (χ3v) is 3.05. The van der Waals surface area contributed by atoms with Crippen LogP contribution in [0.3, 0.4) is 0 Å². The van der Waals surface area contributed by atoms with E-state index in [1.54, 1.807) is 12.1 Å². The van der Waals surface area contributed by atoms with Gasteiger partial charge in [-0.25, -0.2) is 4.39 Å². The van der Waals surface area contributed by atoms with Crippen LogP contribution in [0.5, 0.6) is 5.75 Å². The van der Waals surface area contributed by atoms with Crippen molar-refractivity contribution >= 4 is 21.6 Å². The van der Waals surface area contributed by atoms with Gasteiger partial charge in [-0.3, -0.25) is 10.1 Å². The largest absolute Gasteiger partial charge is 0.489 e. The maximum atomic E-state index is 13.0. The minimum Gasteiger partial charge on any atom is -0.489 e. The van der Waals surface area contributed by atoms with Crippen molar-refractivity contribution in [3.05, 3.63) is 68.4 Å². The van der Waals surface area contributed by atoms with Crippen molar-refractivity contribution in [1.29, 1.82) is 0 Å². The second-order valence-corrected chi connectivity index (χ2v) is 4.64. The average Bonchev–Trinajstić information content (AvgIpc) is 2.40. The Kier molecular flexibility index (Phi) is 4.11. The number of non-ortho nitro benzene ring substituents is 1. The van der Waals surface area contributed by atoms with Crippen LogP contribution < -0.4 is 4.74 Å². The van der Waals surface area contributed by atoms with E-state index in [1.165, 1.54) is 30.3 Å². The molecule has 0 radical (unpaired) electrons. The highest BCUT2D eigenvalue weighted by Crippen LogP contribution is 2.22. The van der Waals surface area contributed by atoms with Gasteiger partial charge in [0.2, 0.25) is 0 Å². The molecule has 0 saturated carbocycles. The zero-order chi connectivity index (χ0) is 13.8. The van der Waals surface area contributed by atoms with E-state index in [0.29, 0.717) is 10.2 Å². The van der Waals surface area contributed by atoms with Crippen LogP contribution in [0.1, 0.15) is 5.56 Å². The lowest BCUT2D eigenvalue weighted by atomic mass is 10.2. The number of hydrogen-bond donors (Lipinski definition) is 0. The number of nitro benzene ring substituents is 1. The van der Waals surface area contributed by atoms with Crippen molar-refractivity contribution in [3.8, 4) is 5.75 Å². The van der Waals surface area contributed by atoms with Crippen LogP contribution in [-0.2, 0) is 6.61 Å². The fourth-order valence-electron chi connectivity index (χ4n) is 1.45. The lowest BCUT2D eigenvalue weighted by Crippen LogP contribution is -1.96. The van der Waals surface area contributed by atoms with E-state index >= 15 is 0 Å². The van der Waals surface area contributed by atoms with Crippen LogP contribution in [0.15, 0.2) is 46.9 Å².